The van der Waals surface area contributed by atoms with E-state index in [0.717, 1.165) is 44.5 Å². The number of likely N-dealkylation sites (tertiary alicyclic amines) is 1. The standard InChI is InChI=1S/C24H35N3O2/c1-20-16-23(4-5-24(20)29-3)19-27(17-21-6-10-25-11-7-21)18-22-8-12-26(13-9-22)14-15-28-2/h4-7,10-11,16,22H,8-9,12-15,17-19H2,1-3H3. The number of benzene rings is 1. The van der Waals surface area contributed by atoms with Gasteiger partial charge in [-0.1, -0.05) is 12.1 Å². The van der Waals surface area contributed by atoms with Crippen LogP contribution in [0, 0.1) is 12.8 Å². The van der Waals surface area contributed by atoms with E-state index < -0.39 is 0 Å². The summed E-state index contributed by atoms with van der Waals surface area (Å²) in [6.07, 6.45) is 6.30. The third-order valence-corrected chi connectivity index (χ3v) is 5.86. The van der Waals surface area contributed by atoms with Gasteiger partial charge in [-0.15, -0.1) is 0 Å². The fourth-order valence-electron chi connectivity index (χ4n) is 4.21. The molecule has 1 aromatic carbocycles. The molecule has 0 spiro atoms. The molecule has 0 aliphatic carbocycles. The number of pyridine rings is 1. The average Bonchev–Trinajstić information content (AvgIpc) is 2.74. The highest BCUT2D eigenvalue weighted by Gasteiger charge is 2.21. The van der Waals surface area contributed by atoms with Gasteiger partial charge in [0.25, 0.3) is 0 Å². The Bertz CT molecular complexity index is 730. The fourth-order valence-corrected chi connectivity index (χ4v) is 4.21. The van der Waals surface area contributed by atoms with E-state index >= 15 is 0 Å². The molecular formula is C24H35N3O2. The lowest BCUT2D eigenvalue weighted by atomic mass is 9.95. The number of hydrogen-bond acceptors (Lipinski definition) is 5. The molecule has 0 N–H and O–H groups in total. The van der Waals surface area contributed by atoms with Gasteiger partial charge in [-0.3, -0.25) is 9.88 Å². The molecule has 1 aliphatic rings. The normalized spacial score (nSPS) is 15.7. The smallest absolute Gasteiger partial charge is 0.121 e. The van der Waals surface area contributed by atoms with Crippen molar-refractivity contribution in [1.29, 1.82) is 0 Å². The molecule has 1 saturated heterocycles. The first-order valence-electron chi connectivity index (χ1n) is 10.6. The van der Waals surface area contributed by atoms with Crippen LogP contribution in [0.25, 0.3) is 0 Å². The van der Waals surface area contributed by atoms with Gasteiger partial charge < -0.3 is 14.4 Å². The number of piperidine rings is 1. The van der Waals surface area contributed by atoms with E-state index in [4.69, 9.17) is 9.47 Å². The molecule has 5 heteroatoms. The first kappa shape index (κ1) is 21.8. The lowest BCUT2D eigenvalue weighted by molar-refractivity contribution is 0.104. The highest BCUT2D eigenvalue weighted by atomic mass is 16.5. The molecule has 1 aromatic heterocycles. The molecule has 29 heavy (non-hydrogen) atoms. The van der Waals surface area contributed by atoms with Gasteiger partial charge in [-0.25, -0.2) is 0 Å². The van der Waals surface area contributed by atoms with Crippen LogP contribution in [0.5, 0.6) is 5.75 Å². The summed E-state index contributed by atoms with van der Waals surface area (Å²) in [4.78, 5) is 9.28. The third-order valence-electron chi connectivity index (χ3n) is 5.86. The van der Waals surface area contributed by atoms with E-state index in [0.29, 0.717) is 0 Å². The van der Waals surface area contributed by atoms with Crippen LogP contribution in [0.4, 0.5) is 0 Å². The molecule has 2 aromatic rings. The molecule has 0 atom stereocenters. The van der Waals surface area contributed by atoms with Crippen molar-refractivity contribution in [2.75, 3.05) is 47.0 Å². The van der Waals surface area contributed by atoms with Crippen molar-refractivity contribution in [2.24, 2.45) is 5.92 Å². The largest absolute Gasteiger partial charge is 0.496 e. The molecule has 0 bridgehead atoms. The Morgan fingerprint density at radius 1 is 1.03 bits per heavy atom. The van der Waals surface area contributed by atoms with Crippen LogP contribution in [0.15, 0.2) is 42.7 Å². The maximum absolute atomic E-state index is 5.43. The Morgan fingerprint density at radius 3 is 2.41 bits per heavy atom. The van der Waals surface area contributed by atoms with Crippen LogP contribution in [0.2, 0.25) is 0 Å². The van der Waals surface area contributed by atoms with Crippen LogP contribution < -0.4 is 4.74 Å². The summed E-state index contributed by atoms with van der Waals surface area (Å²) in [5, 5.41) is 0. The van der Waals surface area contributed by atoms with Gasteiger partial charge in [0.2, 0.25) is 0 Å². The van der Waals surface area contributed by atoms with E-state index in [1.807, 2.05) is 12.4 Å². The van der Waals surface area contributed by atoms with Gasteiger partial charge in [0, 0.05) is 45.7 Å². The Morgan fingerprint density at radius 2 is 1.76 bits per heavy atom. The second-order valence-corrected chi connectivity index (χ2v) is 8.11. The molecule has 0 amide bonds. The highest BCUT2D eigenvalue weighted by molar-refractivity contribution is 5.36. The number of nitrogens with zero attached hydrogens (tertiary/aromatic N) is 3. The molecule has 3 rings (SSSR count). The summed E-state index contributed by atoms with van der Waals surface area (Å²) >= 11 is 0. The van der Waals surface area contributed by atoms with Crippen LogP contribution >= 0.6 is 0 Å². The van der Waals surface area contributed by atoms with Crippen molar-refractivity contribution in [3.63, 3.8) is 0 Å². The Labute approximate surface area is 175 Å². The maximum atomic E-state index is 5.43. The molecule has 0 radical (unpaired) electrons. The molecule has 0 unspecified atom stereocenters. The molecule has 2 heterocycles. The first-order valence-corrected chi connectivity index (χ1v) is 10.6. The molecule has 1 fully saturated rings. The van der Waals surface area contributed by atoms with E-state index in [2.05, 4.69) is 52.0 Å². The lowest BCUT2D eigenvalue weighted by Crippen LogP contribution is -2.39. The van der Waals surface area contributed by atoms with Crippen molar-refractivity contribution in [3.05, 3.63) is 59.4 Å². The lowest BCUT2D eigenvalue weighted by Gasteiger charge is -2.35. The second-order valence-electron chi connectivity index (χ2n) is 8.11. The van der Waals surface area contributed by atoms with Gasteiger partial charge in [0.15, 0.2) is 0 Å². The fraction of sp³-hybridized carbons (Fsp3) is 0.542. The zero-order valence-corrected chi connectivity index (χ0v) is 18.1. The summed E-state index contributed by atoms with van der Waals surface area (Å²) in [5.41, 5.74) is 3.86. The van der Waals surface area contributed by atoms with E-state index in [1.165, 1.54) is 42.6 Å². The summed E-state index contributed by atoms with van der Waals surface area (Å²) in [6.45, 7) is 9.40. The predicted molar refractivity (Wildman–Crippen MR) is 117 cm³/mol. The Hall–Kier alpha value is -1.95. The van der Waals surface area contributed by atoms with Gasteiger partial charge in [-0.05, 0) is 73.7 Å². The Kier molecular flexibility index (Phi) is 8.47. The van der Waals surface area contributed by atoms with Gasteiger partial charge >= 0.3 is 0 Å². The quantitative estimate of drug-likeness (QED) is 0.610. The van der Waals surface area contributed by atoms with E-state index in [1.54, 1.807) is 14.2 Å². The maximum Gasteiger partial charge on any atom is 0.121 e. The first-order chi connectivity index (χ1) is 14.2. The summed E-state index contributed by atoms with van der Waals surface area (Å²) in [7, 11) is 3.52. The summed E-state index contributed by atoms with van der Waals surface area (Å²) in [6, 6.07) is 10.8. The molecule has 5 nitrogen and oxygen atoms in total. The number of ether oxygens (including phenoxy) is 2. The van der Waals surface area contributed by atoms with Crippen molar-refractivity contribution in [3.8, 4) is 5.75 Å². The summed E-state index contributed by atoms with van der Waals surface area (Å²) < 4.78 is 10.7. The second kappa shape index (κ2) is 11.3. The van der Waals surface area contributed by atoms with Crippen LogP contribution in [0.1, 0.15) is 29.5 Å². The summed E-state index contributed by atoms with van der Waals surface area (Å²) in [5.74, 6) is 1.70. The van der Waals surface area contributed by atoms with E-state index in [9.17, 15) is 0 Å². The minimum atomic E-state index is 0.745. The van der Waals surface area contributed by atoms with Gasteiger partial charge in [0.1, 0.15) is 5.75 Å². The van der Waals surface area contributed by atoms with Crippen molar-refractivity contribution < 1.29 is 9.47 Å². The third kappa shape index (κ3) is 6.81. The van der Waals surface area contributed by atoms with Crippen molar-refractivity contribution >= 4 is 0 Å². The average molecular weight is 398 g/mol. The zero-order valence-electron chi connectivity index (χ0n) is 18.1. The van der Waals surface area contributed by atoms with E-state index in [-0.39, 0.29) is 0 Å². The Balaban J connectivity index is 1.63. The number of methoxy groups -OCH3 is 2. The highest BCUT2D eigenvalue weighted by Crippen LogP contribution is 2.23. The number of aromatic nitrogens is 1. The molecular weight excluding hydrogens is 362 g/mol. The topological polar surface area (TPSA) is 37.8 Å². The van der Waals surface area contributed by atoms with Crippen molar-refractivity contribution in [2.45, 2.75) is 32.9 Å². The van der Waals surface area contributed by atoms with Crippen molar-refractivity contribution in [1.82, 2.24) is 14.8 Å². The molecule has 1 aliphatic heterocycles. The minimum Gasteiger partial charge on any atom is -0.496 e. The van der Waals surface area contributed by atoms with Gasteiger partial charge in [-0.2, -0.15) is 0 Å². The van der Waals surface area contributed by atoms with Crippen LogP contribution in [-0.2, 0) is 17.8 Å². The SMILES string of the molecule is COCCN1CCC(CN(Cc2ccncc2)Cc2ccc(OC)c(C)c2)CC1. The van der Waals surface area contributed by atoms with Gasteiger partial charge in [0.05, 0.1) is 13.7 Å². The minimum absolute atomic E-state index is 0.745. The number of hydrogen-bond donors (Lipinski definition) is 0. The number of rotatable bonds is 10. The monoisotopic (exact) mass is 397 g/mol. The molecule has 158 valence electrons. The molecule has 0 saturated carbocycles. The zero-order chi connectivity index (χ0) is 20.5. The predicted octanol–water partition coefficient (Wildman–Crippen LogP) is 3.76. The van der Waals surface area contributed by atoms with Crippen LogP contribution in [0.3, 0.4) is 0 Å². The van der Waals surface area contributed by atoms with Crippen LogP contribution in [-0.4, -0.2) is 61.8 Å². The number of aryl methyl sites for hydroxylation is 1.